The van der Waals surface area contributed by atoms with Crippen LogP contribution in [-0.4, -0.2) is 0 Å². The molecular weight excluding hydrogens is 699 g/mol. The van der Waals surface area contributed by atoms with Crippen molar-refractivity contribution >= 4 is 59.3 Å². The van der Waals surface area contributed by atoms with Crippen LogP contribution >= 0.6 is 11.3 Å². The minimum atomic E-state index is -0.606. The molecule has 0 N–H and O–H groups in total. The fourth-order valence-corrected chi connectivity index (χ4v) is 10.7. The lowest BCUT2D eigenvalue weighted by Gasteiger charge is -2.40. The topological polar surface area (TPSA) is 12.5 Å². The van der Waals surface area contributed by atoms with Crippen molar-refractivity contribution in [3.05, 3.63) is 222 Å². The highest BCUT2D eigenvalue weighted by Gasteiger charge is 2.52. The molecule has 0 saturated heterocycles. The third kappa shape index (κ3) is 4.43. The maximum absolute atomic E-state index is 6.82. The average molecular weight is 732 g/mol. The summed E-state index contributed by atoms with van der Waals surface area (Å²) in [5.41, 5.74) is 12.5. The van der Waals surface area contributed by atoms with Gasteiger partial charge >= 0.3 is 0 Å². The Hall–Kier alpha value is -6.94. The van der Waals surface area contributed by atoms with Crippen molar-refractivity contribution in [2.45, 2.75) is 5.41 Å². The van der Waals surface area contributed by atoms with Gasteiger partial charge in [-0.3, -0.25) is 0 Å². The van der Waals surface area contributed by atoms with Crippen molar-refractivity contribution < 1.29 is 4.74 Å². The first-order valence-corrected chi connectivity index (χ1v) is 20.0. The molecule has 0 fully saturated rings. The number of para-hydroxylation sites is 1. The molecule has 1 aliphatic heterocycles. The van der Waals surface area contributed by atoms with E-state index in [1.807, 2.05) is 11.3 Å². The SMILES string of the molecule is c1ccc(-c2ccc(N(c3ccc4c(c3)C3(c5ccccc5Oc5ccc6ccccc6c53)c3ccccc3-4)c3ccc4c(c3)sc3ccccc34)cc2)cc1. The molecule has 1 aliphatic carbocycles. The van der Waals surface area contributed by atoms with Crippen LogP contribution in [0.1, 0.15) is 22.3 Å². The molecule has 2 heterocycles. The Labute approximate surface area is 329 Å². The minimum absolute atomic E-state index is 0.606. The molecule has 0 saturated carbocycles. The highest BCUT2D eigenvalue weighted by atomic mass is 32.1. The monoisotopic (exact) mass is 731 g/mol. The Morgan fingerprint density at radius 3 is 1.93 bits per heavy atom. The van der Waals surface area contributed by atoms with Gasteiger partial charge in [0.25, 0.3) is 0 Å². The van der Waals surface area contributed by atoms with Crippen molar-refractivity contribution in [2.75, 3.05) is 4.90 Å². The molecular formula is C53H33NOS. The Bertz CT molecular complexity index is 3180. The fraction of sp³-hybridized carbons (Fsp3) is 0.0189. The van der Waals surface area contributed by atoms with Crippen LogP contribution in [0, 0.1) is 0 Å². The van der Waals surface area contributed by atoms with Crippen LogP contribution in [0.15, 0.2) is 200 Å². The molecule has 1 unspecified atom stereocenters. The Kier molecular flexibility index (Phi) is 6.75. The van der Waals surface area contributed by atoms with Gasteiger partial charge in [0.2, 0.25) is 0 Å². The minimum Gasteiger partial charge on any atom is -0.457 e. The zero-order chi connectivity index (χ0) is 36.8. The molecule has 10 aromatic rings. The number of anilines is 3. The van der Waals surface area contributed by atoms with Crippen LogP contribution in [0.3, 0.4) is 0 Å². The lowest BCUT2D eigenvalue weighted by molar-refractivity contribution is 0.438. The van der Waals surface area contributed by atoms with E-state index in [1.54, 1.807) is 0 Å². The van der Waals surface area contributed by atoms with Gasteiger partial charge in [-0.2, -0.15) is 0 Å². The normalized spacial score (nSPS) is 15.0. The van der Waals surface area contributed by atoms with Crippen LogP contribution in [0.2, 0.25) is 0 Å². The number of nitrogens with zero attached hydrogens (tertiary/aromatic N) is 1. The summed E-state index contributed by atoms with van der Waals surface area (Å²) in [5.74, 6) is 1.80. The first-order valence-electron chi connectivity index (χ1n) is 19.2. The standard InChI is InChI=1S/C53H33NOS/c1-2-12-34(13-3-1)35-22-25-37(26-23-35)54(39-28-30-44-43-17-7-11-21-50(43)56-51(44)33-39)38-27-29-42-41-16-6-8-18-45(41)53(47(42)32-38)46-19-9-10-20-48(46)55-49-31-24-36-14-4-5-15-40(36)52(49)53/h1-33H. The maximum Gasteiger partial charge on any atom is 0.132 e. The van der Waals surface area contributed by atoms with E-state index in [1.165, 1.54) is 69.9 Å². The number of thiophene rings is 1. The first-order chi connectivity index (χ1) is 27.8. The largest absolute Gasteiger partial charge is 0.457 e. The molecule has 0 amide bonds. The number of hydrogen-bond donors (Lipinski definition) is 0. The van der Waals surface area contributed by atoms with Crippen molar-refractivity contribution in [3.8, 4) is 33.8 Å². The molecule has 56 heavy (non-hydrogen) atoms. The summed E-state index contributed by atoms with van der Waals surface area (Å²) in [7, 11) is 0. The van der Waals surface area contributed by atoms with Gasteiger partial charge in [0.1, 0.15) is 11.5 Å². The average Bonchev–Trinajstić information content (AvgIpc) is 3.77. The van der Waals surface area contributed by atoms with Crippen LogP contribution in [0.25, 0.3) is 53.2 Å². The molecule has 12 rings (SSSR count). The van der Waals surface area contributed by atoms with Gasteiger partial charge in [0.05, 0.1) is 5.41 Å². The van der Waals surface area contributed by atoms with Crippen LogP contribution < -0.4 is 9.64 Å². The van der Waals surface area contributed by atoms with E-state index < -0.39 is 5.41 Å². The Morgan fingerprint density at radius 1 is 0.393 bits per heavy atom. The molecule has 1 spiro atoms. The molecule has 1 atom stereocenters. The number of benzene rings is 9. The quantitative estimate of drug-likeness (QED) is 0.179. The molecule has 262 valence electrons. The zero-order valence-electron chi connectivity index (χ0n) is 30.3. The molecule has 2 aliphatic rings. The molecule has 1 aromatic heterocycles. The lowest BCUT2D eigenvalue weighted by Crippen LogP contribution is -2.32. The predicted octanol–water partition coefficient (Wildman–Crippen LogP) is 14.8. The van der Waals surface area contributed by atoms with E-state index in [0.29, 0.717) is 0 Å². The van der Waals surface area contributed by atoms with E-state index in [9.17, 15) is 0 Å². The Balaban J connectivity index is 1.14. The molecule has 2 nitrogen and oxygen atoms in total. The van der Waals surface area contributed by atoms with E-state index in [-0.39, 0.29) is 0 Å². The van der Waals surface area contributed by atoms with Crippen LogP contribution in [0.5, 0.6) is 11.5 Å². The summed E-state index contributed by atoms with van der Waals surface area (Å²) in [6, 6.07) is 73.2. The van der Waals surface area contributed by atoms with Crippen molar-refractivity contribution in [2.24, 2.45) is 0 Å². The highest BCUT2D eigenvalue weighted by Crippen LogP contribution is 2.64. The number of fused-ring (bicyclic) bond motifs is 14. The Morgan fingerprint density at radius 2 is 1.04 bits per heavy atom. The van der Waals surface area contributed by atoms with Crippen molar-refractivity contribution in [1.29, 1.82) is 0 Å². The fourth-order valence-electron chi connectivity index (χ4n) is 9.54. The summed E-state index contributed by atoms with van der Waals surface area (Å²) in [6.45, 7) is 0. The summed E-state index contributed by atoms with van der Waals surface area (Å²) in [6.07, 6.45) is 0. The summed E-state index contributed by atoms with van der Waals surface area (Å²) < 4.78 is 9.40. The van der Waals surface area contributed by atoms with E-state index in [4.69, 9.17) is 4.74 Å². The maximum atomic E-state index is 6.82. The predicted molar refractivity (Wildman–Crippen MR) is 234 cm³/mol. The van der Waals surface area contributed by atoms with Gasteiger partial charge < -0.3 is 9.64 Å². The summed E-state index contributed by atoms with van der Waals surface area (Å²) in [5, 5.41) is 5.00. The first kappa shape index (κ1) is 31.4. The van der Waals surface area contributed by atoms with E-state index >= 15 is 0 Å². The lowest BCUT2D eigenvalue weighted by atomic mass is 9.65. The summed E-state index contributed by atoms with van der Waals surface area (Å²) >= 11 is 1.86. The highest BCUT2D eigenvalue weighted by molar-refractivity contribution is 7.25. The molecule has 0 radical (unpaired) electrons. The van der Waals surface area contributed by atoms with Gasteiger partial charge in [-0.15, -0.1) is 11.3 Å². The van der Waals surface area contributed by atoms with Crippen LogP contribution in [0.4, 0.5) is 17.1 Å². The second-order valence-electron chi connectivity index (χ2n) is 14.8. The molecule has 0 bridgehead atoms. The van der Waals surface area contributed by atoms with Crippen molar-refractivity contribution in [1.82, 2.24) is 0 Å². The van der Waals surface area contributed by atoms with Crippen LogP contribution in [-0.2, 0) is 5.41 Å². The van der Waals surface area contributed by atoms with E-state index in [2.05, 4.69) is 205 Å². The molecule has 3 heteroatoms. The number of ether oxygens (including phenoxy) is 1. The second kappa shape index (κ2) is 12.0. The number of hydrogen-bond acceptors (Lipinski definition) is 3. The smallest absolute Gasteiger partial charge is 0.132 e. The zero-order valence-corrected chi connectivity index (χ0v) is 31.1. The summed E-state index contributed by atoms with van der Waals surface area (Å²) in [4.78, 5) is 2.44. The molecule has 9 aromatic carbocycles. The van der Waals surface area contributed by atoms with Gasteiger partial charge in [-0.05, 0) is 98.8 Å². The number of rotatable bonds is 4. The third-order valence-electron chi connectivity index (χ3n) is 11.9. The third-order valence-corrected chi connectivity index (χ3v) is 13.1. The van der Waals surface area contributed by atoms with Gasteiger partial charge in [0.15, 0.2) is 0 Å². The van der Waals surface area contributed by atoms with E-state index in [0.717, 1.165) is 34.1 Å². The van der Waals surface area contributed by atoms with Gasteiger partial charge in [-0.25, -0.2) is 0 Å². The van der Waals surface area contributed by atoms with Crippen molar-refractivity contribution in [3.63, 3.8) is 0 Å². The van der Waals surface area contributed by atoms with Gasteiger partial charge in [-0.1, -0.05) is 146 Å². The second-order valence-corrected chi connectivity index (χ2v) is 15.9. The van der Waals surface area contributed by atoms with Gasteiger partial charge in [0, 0.05) is 48.4 Å².